The lowest BCUT2D eigenvalue weighted by Gasteiger charge is -2.03. The van der Waals surface area contributed by atoms with Crippen LogP contribution in [0.25, 0.3) is 0 Å². The van der Waals surface area contributed by atoms with Crippen molar-refractivity contribution in [1.29, 1.82) is 0 Å². The Labute approximate surface area is 112 Å². The van der Waals surface area contributed by atoms with Crippen LogP contribution in [0, 0.1) is 0 Å². The van der Waals surface area contributed by atoms with Crippen LogP contribution >= 0.6 is 11.6 Å². The van der Waals surface area contributed by atoms with E-state index in [0.717, 1.165) is 24.4 Å². The van der Waals surface area contributed by atoms with E-state index in [0.29, 0.717) is 0 Å². The fourth-order valence-corrected chi connectivity index (χ4v) is 1.74. The number of rotatable bonds is 5. The van der Waals surface area contributed by atoms with E-state index in [1.54, 1.807) is 7.11 Å². The molecule has 0 fully saturated rings. The summed E-state index contributed by atoms with van der Waals surface area (Å²) in [4.78, 5) is 0. The maximum atomic E-state index is 5.94. The van der Waals surface area contributed by atoms with Crippen LogP contribution < -0.4 is 4.74 Å². The molecule has 18 heavy (non-hydrogen) atoms. The Morgan fingerprint density at radius 2 is 2.06 bits per heavy atom. The van der Waals surface area contributed by atoms with E-state index in [1.165, 1.54) is 5.56 Å². The lowest BCUT2D eigenvalue weighted by atomic mass is 10.1. The van der Waals surface area contributed by atoms with Crippen LogP contribution in [-0.4, -0.2) is 22.1 Å². The van der Waals surface area contributed by atoms with Gasteiger partial charge in [-0.1, -0.05) is 17.3 Å². The van der Waals surface area contributed by atoms with Gasteiger partial charge in [-0.25, -0.2) is 0 Å². The van der Waals surface area contributed by atoms with Gasteiger partial charge in [0.05, 0.1) is 12.5 Å². The maximum absolute atomic E-state index is 5.94. The molecule has 2 rings (SSSR count). The molecule has 0 saturated carbocycles. The highest BCUT2D eigenvalue weighted by molar-refractivity contribution is 6.20. The lowest BCUT2D eigenvalue weighted by molar-refractivity contribution is 0.414. The molecule has 0 amide bonds. The fourth-order valence-electron chi connectivity index (χ4n) is 1.64. The Hall–Kier alpha value is -1.55. The summed E-state index contributed by atoms with van der Waals surface area (Å²) in [5.41, 5.74) is 2.05. The standard InChI is InChI=1S/C13H16ClN3O/c1-10(14)13-9-17(16-15-13)8-7-11-3-5-12(18-2)6-4-11/h3-6,9-10H,7-8H2,1-2H3. The Morgan fingerprint density at radius 3 is 2.61 bits per heavy atom. The van der Waals surface area contributed by atoms with Gasteiger partial charge in [0.25, 0.3) is 0 Å². The second kappa shape index (κ2) is 5.87. The third-order valence-electron chi connectivity index (χ3n) is 2.75. The second-order valence-corrected chi connectivity index (χ2v) is 4.78. The summed E-state index contributed by atoms with van der Waals surface area (Å²) in [6.45, 7) is 2.68. The predicted octanol–water partition coefficient (Wildman–Crippen LogP) is 2.83. The second-order valence-electron chi connectivity index (χ2n) is 4.12. The van der Waals surface area contributed by atoms with E-state index < -0.39 is 0 Å². The molecule has 0 aliphatic rings. The van der Waals surface area contributed by atoms with E-state index in [1.807, 2.05) is 29.9 Å². The van der Waals surface area contributed by atoms with Gasteiger partial charge in [0.15, 0.2) is 0 Å². The minimum absolute atomic E-state index is 0.0975. The molecule has 96 valence electrons. The number of halogens is 1. The van der Waals surface area contributed by atoms with Gasteiger partial charge in [-0.05, 0) is 31.0 Å². The Balaban J connectivity index is 1.93. The van der Waals surface area contributed by atoms with Crippen LogP contribution in [0.15, 0.2) is 30.5 Å². The highest BCUT2D eigenvalue weighted by Gasteiger charge is 2.06. The van der Waals surface area contributed by atoms with Crippen LogP contribution in [0.2, 0.25) is 0 Å². The van der Waals surface area contributed by atoms with Crippen LogP contribution in [-0.2, 0) is 13.0 Å². The zero-order valence-corrected chi connectivity index (χ0v) is 11.3. The van der Waals surface area contributed by atoms with Crippen molar-refractivity contribution in [2.24, 2.45) is 0 Å². The first kappa shape index (κ1) is 12.9. The molecule has 1 heterocycles. The molecule has 0 bridgehead atoms. The SMILES string of the molecule is COc1ccc(CCn2cc(C(C)Cl)nn2)cc1. The van der Waals surface area contributed by atoms with Gasteiger partial charge in [0.1, 0.15) is 11.4 Å². The van der Waals surface area contributed by atoms with Crippen molar-refractivity contribution in [1.82, 2.24) is 15.0 Å². The molecular weight excluding hydrogens is 250 g/mol. The average Bonchev–Trinajstić information content (AvgIpc) is 2.86. The van der Waals surface area contributed by atoms with Crippen LogP contribution in [0.1, 0.15) is 23.6 Å². The highest BCUT2D eigenvalue weighted by Crippen LogP contribution is 2.16. The first-order valence-electron chi connectivity index (χ1n) is 5.86. The largest absolute Gasteiger partial charge is 0.497 e. The van der Waals surface area contributed by atoms with Gasteiger partial charge in [-0.3, -0.25) is 4.68 Å². The summed E-state index contributed by atoms with van der Waals surface area (Å²) in [6.07, 6.45) is 2.80. The maximum Gasteiger partial charge on any atom is 0.118 e. The molecule has 4 nitrogen and oxygen atoms in total. The van der Waals surface area contributed by atoms with Gasteiger partial charge < -0.3 is 4.74 Å². The fraction of sp³-hybridized carbons (Fsp3) is 0.385. The molecule has 2 aromatic rings. The van der Waals surface area contributed by atoms with Crippen molar-refractivity contribution in [3.05, 3.63) is 41.7 Å². The first-order chi connectivity index (χ1) is 8.69. The number of benzene rings is 1. The minimum Gasteiger partial charge on any atom is -0.497 e. The van der Waals surface area contributed by atoms with E-state index in [2.05, 4.69) is 22.4 Å². The van der Waals surface area contributed by atoms with Crippen LogP contribution in [0.4, 0.5) is 0 Å². The number of aromatic nitrogens is 3. The Kier molecular flexibility index (Phi) is 4.20. The third-order valence-corrected chi connectivity index (χ3v) is 2.98. The molecule has 1 unspecified atom stereocenters. The molecule has 0 aliphatic carbocycles. The van der Waals surface area contributed by atoms with Gasteiger partial charge in [0.2, 0.25) is 0 Å². The summed E-state index contributed by atoms with van der Waals surface area (Å²) in [5, 5.41) is 7.96. The van der Waals surface area contributed by atoms with E-state index in [-0.39, 0.29) is 5.38 Å². The molecule has 0 N–H and O–H groups in total. The Morgan fingerprint density at radius 1 is 1.33 bits per heavy atom. The molecule has 0 saturated heterocycles. The molecule has 5 heteroatoms. The molecule has 0 radical (unpaired) electrons. The first-order valence-corrected chi connectivity index (χ1v) is 6.29. The molecule has 0 aliphatic heterocycles. The van der Waals surface area contributed by atoms with Gasteiger partial charge in [-0.15, -0.1) is 16.7 Å². The number of methoxy groups -OCH3 is 1. The van der Waals surface area contributed by atoms with Gasteiger partial charge >= 0.3 is 0 Å². The molecule has 1 atom stereocenters. The number of alkyl halides is 1. The quantitative estimate of drug-likeness (QED) is 0.781. The normalized spacial score (nSPS) is 12.4. The zero-order valence-electron chi connectivity index (χ0n) is 10.5. The van der Waals surface area contributed by atoms with E-state index >= 15 is 0 Å². The number of aryl methyl sites for hydroxylation is 2. The summed E-state index contributed by atoms with van der Waals surface area (Å²) < 4.78 is 6.94. The van der Waals surface area contributed by atoms with Gasteiger partial charge in [-0.2, -0.15) is 0 Å². The predicted molar refractivity (Wildman–Crippen MR) is 71.0 cm³/mol. The van der Waals surface area contributed by atoms with Crippen molar-refractivity contribution in [3.8, 4) is 5.75 Å². The van der Waals surface area contributed by atoms with Crippen molar-refractivity contribution in [3.63, 3.8) is 0 Å². The van der Waals surface area contributed by atoms with Crippen LogP contribution in [0.3, 0.4) is 0 Å². The zero-order chi connectivity index (χ0) is 13.0. The molecule has 1 aromatic heterocycles. The van der Waals surface area contributed by atoms with Crippen molar-refractivity contribution < 1.29 is 4.74 Å². The summed E-state index contributed by atoms with van der Waals surface area (Å²) >= 11 is 5.94. The van der Waals surface area contributed by atoms with E-state index in [9.17, 15) is 0 Å². The van der Waals surface area contributed by atoms with E-state index in [4.69, 9.17) is 16.3 Å². The summed E-state index contributed by atoms with van der Waals surface area (Å²) in [7, 11) is 1.67. The Bertz CT molecular complexity index is 493. The average molecular weight is 266 g/mol. The third kappa shape index (κ3) is 3.23. The minimum atomic E-state index is -0.0975. The molecule has 0 spiro atoms. The summed E-state index contributed by atoms with van der Waals surface area (Å²) in [6, 6.07) is 8.04. The molecule has 1 aromatic carbocycles. The topological polar surface area (TPSA) is 39.9 Å². The number of hydrogen-bond donors (Lipinski definition) is 0. The van der Waals surface area contributed by atoms with Crippen molar-refractivity contribution in [2.75, 3.05) is 7.11 Å². The molecular formula is C13H16ClN3O. The van der Waals surface area contributed by atoms with Gasteiger partial charge in [0, 0.05) is 12.7 Å². The smallest absolute Gasteiger partial charge is 0.118 e. The summed E-state index contributed by atoms with van der Waals surface area (Å²) in [5.74, 6) is 0.873. The number of ether oxygens (including phenoxy) is 1. The number of hydrogen-bond acceptors (Lipinski definition) is 3. The monoisotopic (exact) mass is 265 g/mol. The van der Waals surface area contributed by atoms with Crippen molar-refractivity contribution in [2.45, 2.75) is 25.3 Å². The van der Waals surface area contributed by atoms with Crippen LogP contribution in [0.5, 0.6) is 5.75 Å². The number of nitrogens with zero attached hydrogens (tertiary/aromatic N) is 3. The van der Waals surface area contributed by atoms with Crippen molar-refractivity contribution >= 4 is 11.6 Å². The highest BCUT2D eigenvalue weighted by atomic mass is 35.5. The lowest BCUT2D eigenvalue weighted by Crippen LogP contribution is -2.02.